The minimum absolute atomic E-state index is 0.0200. The van der Waals surface area contributed by atoms with Crippen molar-refractivity contribution in [2.45, 2.75) is 17.7 Å². The largest absolute Gasteiger partial charge is 0.493 e. The lowest BCUT2D eigenvalue weighted by molar-refractivity contribution is -0.119. The Balaban J connectivity index is 1.86. The molecule has 1 saturated heterocycles. The second kappa shape index (κ2) is 10.5. The molecule has 3 rings (SSSR count). The van der Waals surface area contributed by atoms with Crippen LogP contribution in [-0.2, 0) is 14.8 Å². The lowest BCUT2D eigenvalue weighted by atomic mass is 10.1. The molecule has 10 heteroatoms. The lowest BCUT2D eigenvalue weighted by Crippen LogP contribution is -2.40. The summed E-state index contributed by atoms with van der Waals surface area (Å²) in [7, 11) is 0.859. The molecule has 172 valence electrons. The van der Waals surface area contributed by atoms with E-state index in [1.807, 2.05) is 7.05 Å². The number of methoxy groups -OCH3 is 2. The molecule has 2 aromatic carbocycles. The highest BCUT2D eigenvalue weighted by Gasteiger charge is 2.28. The van der Waals surface area contributed by atoms with Crippen molar-refractivity contribution in [2.75, 3.05) is 45.2 Å². The molecule has 32 heavy (non-hydrogen) atoms. The van der Waals surface area contributed by atoms with E-state index in [4.69, 9.17) is 9.47 Å². The van der Waals surface area contributed by atoms with Gasteiger partial charge in [-0.1, -0.05) is 18.2 Å². The van der Waals surface area contributed by atoms with E-state index in [9.17, 15) is 13.2 Å². The van der Waals surface area contributed by atoms with E-state index in [-0.39, 0.29) is 10.6 Å². The first-order valence-electron chi connectivity index (χ1n) is 10.2. The molecule has 0 saturated carbocycles. The summed E-state index contributed by atoms with van der Waals surface area (Å²) in [6.45, 7) is 1.33. The quantitative estimate of drug-likeness (QED) is 0.606. The van der Waals surface area contributed by atoms with Crippen LogP contribution in [0.4, 0.5) is 5.69 Å². The number of hydrogen-bond donors (Lipinski definition) is 1. The molecule has 2 aromatic rings. The number of hydrogen-bond acceptors (Lipinski definition) is 7. The maximum Gasteiger partial charge on any atom is 0.264 e. The van der Waals surface area contributed by atoms with Gasteiger partial charge < -0.3 is 14.4 Å². The molecule has 0 unspecified atom stereocenters. The minimum atomic E-state index is -4.08. The summed E-state index contributed by atoms with van der Waals surface area (Å²) < 4.78 is 38.5. The Morgan fingerprint density at radius 1 is 1.06 bits per heavy atom. The van der Waals surface area contributed by atoms with E-state index in [0.29, 0.717) is 11.4 Å². The molecule has 1 aliphatic rings. The molecule has 1 amide bonds. The normalized spacial score (nSPS) is 14.5. The van der Waals surface area contributed by atoms with Crippen molar-refractivity contribution in [2.24, 2.45) is 5.10 Å². The van der Waals surface area contributed by atoms with Crippen molar-refractivity contribution in [3.8, 4) is 11.5 Å². The number of sulfonamides is 1. The standard InChI is InChI=1S/C22H28N4O5S/c1-25-13-11-17(12-14-25)23-24-22(27)16-26(18-7-5-4-6-8-18)32(28,29)19-9-10-20(30-2)21(15-19)31-3/h4-10,15H,11-14,16H2,1-3H3,(H,24,27). The van der Waals surface area contributed by atoms with E-state index in [2.05, 4.69) is 15.4 Å². The van der Waals surface area contributed by atoms with Crippen LogP contribution in [0, 0.1) is 0 Å². The van der Waals surface area contributed by atoms with Crippen LogP contribution in [0.3, 0.4) is 0 Å². The van der Waals surface area contributed by atoms with Crippen LogP contribution in [0.5, 0.6) is 11.5 Å². The number of likely N-dealkylation sites (tertiary alicyclic amines) is 1. The average Bonchev–Trinajstić information content (AvgIpc) is 2.82. The summed E-state index contributed by atoms with van der Waals surface area (Å²) in [5.41, 5.74) is 3.77. The number of amides is 1. The van der Waals surface area contributed by atoms with Gasteiger partial charge in [0.05, 0.1) is 24.8 Å². The van der Waals surface area contributed by atoms with Crippen molar-refractivity contribution in [3.05, 3.63) is 48.5 Å². The maximum absolute atomic E-state index is 13.5. The Morgan fingerprint density at radius 2 is 1.72 bits per heavy atom. The van der Waals surface area contributed by atoms with Gasteiger partial charge in [0, 0.05) is 37.7 Å². The zero-order chi connectivity index (χ0) is 23.1. The van der Waals surface area contributed by atoms with Crippen molar-refractivity contribution >= 4 is 27.3 Å². The van der Waals surface area contributed by atoms with Crippen molar-refractivity contribution < 1.29 is 22.7 Å². The molecule has 1 aliphatic heterocycles. The molecule has 1 heterocycles. The maximum atomic E-state index is 13.5. The number of nitrogens with one attached hydrogen (secondary N) is 1. The number of ether oxygens (including phenoxy) is 2. The number of piperidine rings is 1. The Kier molecular flexibility index (Phi) is 7.70. The van der Waals surface area contributed by atoms with Gasteiger partial charge in [-0.25, -0.2) is 13.8 Å². The molecular weight excluding hydrogens is 432 g/mol. The highest BCUT2D eigenvalue weighted by molar-refractivity contribution is 7.92. The summed E-state index contributed by atoms with van der Waals surface area (Å²) >= 11 is 0. The topological polar surface area (TPSA) is 101 Å². The second-order valence-electron chi connectivity index (χ2n) is 7.38. The van der Waals surface area contributed by atoms with Gasteiger partial charge in [0.1, 0.15) is 6.54 Å². The third-order valence-electron chi connectivity index (χ3n) is 5.18. The summed E-state index contributed by atoms with van der Waals surface area (Å²) in [5.74, 6) is 0.161. The molecule has 1 N–H and O–H groups in total. The van der Waals surface area contributed by atoms with Crippen LogP contribution in [0.2, 0.25) is 0 Å². The van der Waals surface area contributed by atoms with Gasteiger partial charge in [-0.2, -0.15) is 5.10 Å². The van der Waals surface area contributed by atoms with Crippen molar-refractivity contribution in [1.82, 2.24) is 10.3 Å². The fourth-order valence-electron chi connectivity index (χ4n) is 3.31. The molecular formula is C22H28N4O5S. The molecule has 0 spiro atoms. The summed E-state index contributed by atoms with van der Waals surface area (Å²) in [6, 6.07) is 12.8. The van der Waals surface area contributed by atoms with Crippen LogP contribution in [-0.4, -0.2) is 65.8 Å². The predicted octanol–water partition coefficient (Wildman–Crippen LogP) is 2.10. The highest BCUT2D eigenvalue weighted by atomic mass is 32.2. The number of nitrogens with zero attached hydrogens (tertiary/aromatic N) is 3. The third-order valence-corrected chi connectivity index (χ3v) is 6.95. The number of rotatable bonds is 8. The fourth-order valence-corrected chi connectivity index (χ4v) is 4.75. The van der Waals surface area contributed by atoms with Crippen LogP contribution < -0.4 is 19.2 Å². The average molecular weight is 461 g/mol. The van der Waals surface area contributed by atoms with Crippen LogP contribution in [0.1, 0.15) is 12.8 Å². The third kappa shape index (κ3) is 5.57. The van der Waals surface area contributed by atoms with Crippen LogP contribution in [0.15, 0.2) is 58.5 Å². The Morgan fingerprint density at radius 3 is 2.34 bits per heavy atom. The van der Waals surface area contributed by atoms with E-state index in [0.717, 1.165) is 35.9 Å². The number of carbonyl (C=O) groups is 1. The van der Waals surface area contributed by atoms with Crippen molar-refractivity contribution in [1.29, 1.82) is 0 Å². The van der Waals surface area contributed by atoms with Crippen molar-refractivity contribution in [3.63, 3.8) is 0 Å². The van der Waals surface area contributed by atoms with Gasteiger partial charge in [0.2, 0.25) is 0 Å². The molecule has 0 aromatic heterocycles. The van der Waals surface area contributed by atoms with E-state index < -0.39 is 22.5 Å². The predicted molar refractivity (Wildman–Crippen MR) is 123 cm³/mol. The summed E-state index contributed by atoms with van der Waals surface area (Å²) in [6.07, 6.45) is 1.53. The Labute approximate surface area is 188 Å². The van der Waals surface area contributed by atoms with Gasteiger partial charge >= 0.3 is 0 Å². The Bertz CT molecular complexity index is 1060. The molecule has 0 radical (unpaired) electrons. The van der Waals surface area contributed by atoms with Gasteiger partial charge in [-0.15, -0.1) is 0 Å². The van der Waals surface area contributed by atoms with E-state index in [1.165, 1.54) is 32.4 Å². The molecule has 0 bridgehead atoms. The molecule has 9 nitrogen and oxygen atoms in total. The summed E-state index contributed by atoms with van der Waals surface area (Å²) in [4.78, 5) is 14.8. The van der Waals surface area contributed by atoms with E-state index >= 15 is 0 Å². The smallest absolute Gasteiger partial charge is 0.264 e. The lowest BCUT2D eigenvalue weighted by Gasteiger charge is -2.25. The number of hydrazone groups is 1. The number of anilines is 1. The molecule has 0 aliphatic carbocycles. The monoisotopic (exact) mass is 460 g/mol. The minimum Gasteiger partial charge on any atom is -0.493 e. The number of para-hydroxylation sites is 1. The SMILES string of the molecule is COc1ccc(S(=O)(=O)N(CC(=O)NN=C2CCN(C)CC2)c2ccccc2)cc1OC. The Hall–Kier alpha value is -3.11. The first-order chi connectivity index (χ1) is 15.3. The number of carbonyl (C=O) groups excluding carboxylic acids is 1. The molecule has 0 atom stereocenters. The van der Waals surface area contributed by atoms with Gasteiger partial charge in [0.25, 0.3) is 15.9 Å². The zero-order valence-electron chi connectivity index (χ0n) is 18.4. The van der Waals surface area contributed by atoms with Gasteiger partial charge in [0.15, 0.2) is 11.5 Å². The summed E-state index contributed by atoms with van der Waals surface area (Å²) in [5, 5.41) is 4.20. The fraction of sp³-hybridized carbons (Fsp3) is 0.364. The second-order valence-corrected chi connectivity index (χ2v) is 9.24. The first kappa shape index (κ1) is 23.6. The van der Waals surface area contributed by atoms with Crippen LogP contribution >= 0.6 is 0 Å². The molecule has 1 fully saturated rings. The zero-order valence-corrected chi connectivity index (χ0v) is 19.3. The highest BCUT2D eigenvalue weighted by Crippen LogP contribution is 2.32. The first-order valence-corrected chi connectivity index (χ1v) is 11.6. The van der Waals surface area contributed by atoms with Gasteiger partial charge in [-0.05, 0) is 31.3 Å². The van der Waals surface area contributed by atoms with Crippen LogP contribution in [0.25, 0.3) is 0 Å². The van der Waals surface area contributed by atoms with Gasteiger partial charge in [-0.3, -0.25) is 9.10 Å². The number of benzene rings is 2. The van der Waals surface area contributed by atoms with E-state index in [1.54, 1.807) is 30.3 Å².